The monoisotopic (exact) mass is 290 g/mol. The zero-order valence-electron chi connectivity index (χ0n) is 12.5. The largest absolute Gasteiger partial charge is 0.480 e. The number of nitrogens with one attached hydrogen (secondary N) is 1. The van der Waals surface area contributed by atoms with E-state index in [9.17, 15) is 9.59 Å². The van der Waals surface area contributed by atoms with Crippen molar-refractivity contribution in [3.8, 4) is 0 Å². The van der Waals surface area contributed by atoms with Crippen LogP contribution in [0.5, 0.6) is 0 Å². The van der Waals surface area contributed by atoms with Crippen LogP contribution in [0.15, 0.2) is 24.3 Å². The molecule has 5 nitrogen and oxygen atoms in total. The minimum Gasteiger partial charge on any atom is -0.480 e. The summed E-state index contributed by atoms with van der Waals surface area (Å²) in [5.41, 5.74) is 2.54. The van der Waals surface area contributed by atoms with Crippen molar-refractivity contribution in [2.75, 3.05) is 13.1 Å². The molecule has 1 aliphatic rings. The van der Waals surface area contributed by atoms with Gasteiger partial charge in [-0.1, -0.05) is 38.1 Å². The number of carbonyl (C=O) groups is 2. The highest BCUT2D eigenvalue weighted by Crippen LogP contribution is 2.15. The third kappa shape index (κ3) is 3.74. The summed E-state index contributed by atoms with van der Waals surface area (Å²) < 4.78 is 0. The van der Waals surface area contributed by atoms with Gasteiger partial charge in [-0.05, 0) is 29.9 Å². The van der Waals surface area contributed by atoms with Crippen molar-refractivity contribution in [2.24, 2.45) is 5.92 Å². The molecule has 1 aliphatic heterocycles. The Morgan fingerprint density at radius 1 is 1.14 bits per heavy atom. The summed E-state index contributed by atoms with van der Waals surface area (Å²) in [6.45, 7) is 4.81. The normalized spacial score (nSPS) is 16.0. The van der Waals surface area contributed by atoms with E-state index in [1.807, 2.05) is 12.1 Å². The van der Waals surface area contributed by atoms with E-state index in [1.54, 1.807) is 18.7 Å². The van der Waals surface area contributed by atoms with Crippen molar-refractivity contribution in [3.05, 3.63) is 35.4 Å². The van der Waals surface area contributed by atoms with Gasteiger partial charge < -0.3 is 15.3 Å². The van der Waals surface area contributed by atoms with Crippen LogP contribution < -0.4 is 5.32 Å². The number of fused-ring (bicyclic) bond motifs is 1. The van der Waals surface area contributed by atoms with Crippen LogP contribution in [0.25, 0.3) is 0 Å². The summed E-state index contributed by atoms with van der Waals surface area (Å²) in [6, 6.07) is 7.06. The van der Waals surface area contributed by atoms with E-state index in [-0.39, 0.29) is 11.9 Å². The first-order chi connectivity index (χ1) is 9.99. The Morgan fingerprint density at radius 2 is 1.67 bits per heavy atom. The molecule has 0 bridgehead atoms. The lowest BCUT2D eigenvalue weighted by atomic mass is 10.0. The summed E-state index contributed by atoms with van der Waals surface area (Å²) in [7, 11) is 0. The number of aliphatic carboxylic acids is 1. The number of carboxylic acids is 1. The Labute approximate surface area is 125 Å². The molecule has 0 saturated heterocycles. The van der Waals surface area contributed by atoms with Gasteiger partial charge in [-0.15, -0.1) is 0 Å². The maximum absolute atomic E-state index is 12.3. The summed E-state index contributed by atoms with van der Waals surface area (Å²) in [5, 5.41) is 11.8. The smallest absolute Gasteiger partial charge is 0.326 e. The second-order valence-corrected chi connectivity index (χ2v) is 5.77. The predicted octanol–water partition coefficient (Wildman–Crippen LogP) is 1.91. The molecular weight excluding hydrogens is 268 g/mol. The maximum Gasteiger partial charge on any atom is 0.326 e. The zero-order valence-corrected chi connectivity index (χ0v) is 12.5. The molecule has 0 radical (unpaired) electrons. The van der Waals surface area contributed by atoms with Gasteiger partial charge in [-0.25, -0.2) is 9.59 Å². The summed E-state index contributed by atoms with van der Waals surface area (Å²) in [6.07, 6.45) is 1.62. The molecule has 1 aromatic carbocycles. The molecule has 0 aliphatic carbocycles. The van der Waals surface area contributed by atoms with Crippen LogP contribution in [0, 0.1) is 5.92 Å². The first kappa shape index (κ1) is 15.4. The lowest BCUT2D eigenvalue weighted by Crippen LogP contribution is -2.50. The van der Waals surface area contributed by atoms with Crippen LogP contribution in [0.1, 0.15) is 25.0 Å². The van der Waals surface area contributed by atoms with Crippen LogP contribution in [-0.4, -0.2) is 41.1 Å². The molecule has 1 aromatic rings. The Balaban J connectivity index is 2.00. The van der Waals surface area contributed by atoms with E-state index in [0.29, 0.717) is 13.1 Å². The molecule has 0 saturated carbocycles. The molecular formula is C16H22N2O3. The minimum atomic E-state index is -0.989. The number of carbonyl (C=O) groups excluding carboxylic acids is 1. The highest BCUT2D eigenvalue weighted by molar-refractivity contribution is 5.82. The van der Waals surface area contributed by atoms with Gasteiger partial charge in [0.2, 0.25) is 0 Å². The van der Waals surface area contributed by atoms with E-state index in [0.717, 1.165) is 12.8 Å². The fourth-order valence-corrected chi connectivity index (χ4v) is 2.61. The van der Waals surface area contributed by atoms with Crippen molar-refractivity contribution >= 4 is 12.0 Å². The Morgan fingerprint density at radius 3 is 2.10 bits per heavy atom. The second-order valence-electron chi connectivity index (χ2n) is 5.77. The van der Waals surface area contributed by atoms with E-state index in [2.05, 4.69) is 17.4 Å². The second kappa shape index (κ2) is 6.61. The first-order valence-corrected chi connectivity index (χ1v) is 7.34. The van der Waals surface area contributed by atoms with Crippen molar-refractivity contribution < 1.29 is 14.7 Å². The average Bonchev–Trinajstić information content (AvgIpc) is 2.66. The number of hydrogen-bond acceptors (Lipinski definition) is 2. The molecule has 2 amide bonds. The molecule has 21 heavy (non-hydrogen) atoms. The van der Waals surface area contributed by atoms with Crippen molar-refractivity contribution in [1.82, 2.24) is 10.2 Å². The number of hydrogen-bond donors (Lipinski definition) is 2. The van der Waals surface area contributed by atoms with Crippen LogP contribution in [-0.2, 0) is 17.6 Å². The van der Waals surface area contributed by atoms with Gasteiger partial charge in [0.15, 0.2) is 0 Å². The molecule has 2 N–H and O–H groups in total. The third-order valence-electron chi connectivity index (χ3n) is 3.92. The van der Waals surface area contributed by atoms with Crippen LogP contribution >= 0.6 is 0 Å². The van der Waals surface area contributed by atoms with E-state index in [1.165, 1.54) is 11.1 Å². The summed E-state index contributed by atoms with van der Waals surface area (Å²) in [4.78, 5) is 25.2. The number of benzene rings is 1. The number of nitrogens with zero attached hydrogens (tertiary/aromatic N) is 1. The van der Waals surface area contributed by atoms with Crippen molar-refractivity contribution in [1.29, 1.82) is 0 Å². The average molecular weight is 290 g/mol. The number of rotatable bonds is 3. The van der Waals surface area contributed by atoms with Gasteiger partial charge in [0, 0.05) is 13.1 Å². The predicted molar refractivity (Wildman–Crippen MR) is 80.2 cm³/mol. The standard InChI is InChI=1S/C16H22N2O3/c1-11(2)14(15(19)20)17-16(21)18-9-7-12-5-3-4-6-13(12)8-10-18/h3-6,11,14H,7-10H2,1-2H3,(H,17,21)(H,19,20)/t14-/m0/s1. The number of urea groups is 1. The van der Waals surface area contributed by atoms with Crippen LogP contribution in [0.4, 0.5) is 4.79 Å². The van der Waals surface area contributed by atoms with Gasteiger partial charge in [-0.2, -0.15) is 0 Å². The minimum absolute atomic E-state index is 0.143. The van der Waals surface area contributed by atoms with Crippen molar-refractivity contribution in [3.63, 3.8) is 0 Å². The van der Waals surface area contributed by atoms with E-state index >= 15 is 0 Å². The molecule has 1 atom stereocenters. The summed E-state index contributed by atoms with van der Waals surface area (Å²) >= 11 is 0. The van der Waals surface area contributed by atoms with Gasteiger partial charge in [0.25, 0.3) is 0 Å². The third-order valence-corrected chi connectivity index (χ3v) is 3.92. The lowest BCUT2D eigenvalue weighted by molar-refractivity contribution is -0.140. The fraction of sp³-hybridized carbons (Fsp3) is 0.500. The van der Waals surface area contributed by atoms with Gasteiger partial charge in [0.1, 0.15) is 6.04 Å². The van der Waals surface area contributed by atoms with Gasteiger partial charge in [-0.3, -0.25) is 0 Å². The quantitative estimate of drug-likeness (QED) is 0.893. The van der Waals surface area contributed by atoms with E-state index in [4.69, 9.17) is 5.11 Å². The molecule has 1 heterocycles. The highest BCUT2D eigenvalue weighted by Gasteiger charge is 2.26. The van der Waals surface area contributed by atoms with E-state index < -0.39 is 12.0 Å². The van der Waals surface area contributed by atoms with Crippen LogP contribution in [0.3, 0.4) is 0 Å². The molecule has 0 spiro atoms. The molecule has 2 rings (SSSR count). The van der Waals surface area contributed by atoms with Gasteiger partial charge >= 0.3 is 12.0 Å². The fourth-order valence-electron chi connectivity index (χ4n) is 2.61. The molecule has 114 valence electrons. The van der Waals surface area contributed by atoms with Crippen LogP contribution in [0.2, 0.25) is 0 Å². The van der Waals surface area contributed by atoms with Crippen molar-refractivity contribution in [2.45, 2.75) is 32.7 Å². The zero-order chi connectivity index (χ0) is 15.4. The molecule has 0 fully saturated rings. The molecule has 5 heteroatoms. The maximum atomic E-state index is 12.3. The van der Waals surface area contributed by atoms with Gasteiger partial charge in [0.05, 0.1) is 0 Å². The first-order valence-electron chi connectivity index (χ1n) is 7.34. The molecule has 0 unspecified atom stereocenters. The number of carboxylic acid groups (broad SMARTS) is 1. The highest BCUT2D eigenvalue weighted by atomic mass is 16.4. The summed E-state index contributed by atoms with van der Waals surface area (Å²) in [5.74, 6) is -1.13. The Kier molecular flexibility index (Phi) is 4.83. The Bertz CT molecular complexity index is 501. The Hall–Kier alpha value is -2.04. The topological polar surface area (TPSA) is 69.6 Å². The lowest BCUT2D eigenvalue weighted by Gasteiger charge is -2.25. The number of amides is 2. The SMILES string of the molecule is CC(C)[C@H](NC(=O)N1CCc2ccccc2CC1)C(=O)O. The molecule has 0 aromatic heterocycles.